The van der Waals surface area contributed by atoms with Gasteiger partial charge in [0.25, 0.3) is 11.9 Å². The van der Waals surface area contributed by atoms with Crippen molar-refractivity contribution in [2.75, 3.05) is 40.9 Å². The molecule has 1 amide bonds. The first-order valence-electron chi connectivity index (χ1n) is 11.8. The maximum Gasteiger partial charge on any atom is 0.299 e. The van der Waals surface area contributed by atoms with Crippen molar-refractivity contribution in [3.63, 3.8) is 0 Å². The van der Waals surface area contributed by atoms with Gasteiger partial charge in [-0.15, -0.1) is 0 Å². The molecule has 0 saturated carbocycles. The summed E-state index contributed by atoms with van der Waals surface area (Å²) in [4.78, 5) is 32.5. The molecule has 0 bridgehead atoms. The number of piperidine rings is 1. The number of primary amides is 1. The number of ether oxygens (including phenoxy) is 1. The van der Waals surface area contributed by atoms with Gasteiger partial charge in [0.05, 0.1) is 5.69 Å². The van der Waals surface area contributed by atoms with E-state index in [-0.39, 0.29) is 5.70 Å². The predicted molar refractivity (Wildman–Crippen MR) is 127 cm³/mol. The minimum Gasteiger partial charge on any atom is -0.471 e. The van der Waals surface area contributed by atoms with E-state index in [4.69, 9.17) is 24.9 Å². The summed E-state index contributed by atoms with van der Waals surface area (Å²) in [6, 6.07) is 6.32. The normalized spacial score (nSPS) is 20.3. The van der Waals surface area contributed by atoms with Gasteiger partial charge in [-0.05, 0) is 44.7 Å². The summed E-state index contributed by atoms with van der Waals surface area (Å²) >= 11 is 0. The topological polar surface area (TPSA) is 114 Å². The molecule has 176 valence electrons. The Labute approximate surface area is 197 Å². The maximum absolute atomic E-state index is 12.4. The molecule has 0 spiro atoms. The fraction of sp³-hybridized carbons (Fsp3) is 0.417. The van der Waals surface area contributed by atoms with E-state index < -0.39 is 12.1 Å². The van der Waals surface area contributed by atoms with Crippen LogP contribution in [-0.2, 0) is 9.53 Å². The third-order valence-corrected chi connectivity index (χ3v) is 6.63. The quantitative estimate of drug-likeness (QED) is 0.612. The van der Waals surface area contributed by atoms with Gasteiger partial charge < -0.3 is 24.7 Å². The molecule has 2 fully saturated rings. The fourth-order valence-electron chi connectivity index (χ4n) is 4.75. The summed E-state index contributed by atoms with van der Waals surface area (Å²) in [6.45, 7) is 5.53. The van der Waals surface area contributed by atoms with Gasteiger partial charge in [0, 0.05) is 49.7 Å². The largest absolute Gasteiger partial charge is 0.471 e. The van der Waals surface area contributed by atoms with E-state index in [1.54, 1.807) is 11.1 Å². The molecule has 10 heteroatoms. The highest BCUT2D eigenvalue weighted by Crippen LogP contribution is 2.43. The molecule has 6 heterocycles. The van der Waals surface area contributed by atoms with Crippen molar-refractivity contribution in [2.24, 2.45) is 5.73 Å². The van der Waals surface area contributed by atoms with Crippen LogP contribution in [0.3, 0.4) is 0 Å². The van der Waals surface area contributed by atoms with Crippen LogP contribution in [0.25, 0.3) is 11.2 Å². The van der Waals surface area contributed by atoms with Gasteiger partial charge in [-0.3, -0.25) is 14.7 Å². The molecule has 1 unspecified atom stereocenters. The molecule has 2 saturated heterocycles. The minimum absolute atomic E-state index is 0.262. The summed E-state index contributed by atoms with van der Waals surface area (Å²) in [5.41, 5.74) is 9.58. The van der Waals surface area contributed by atoms with Crippen LogP contribution in [0.5, 0.6) is 0 Å². The van der Waals surface area contributed by atoms with Crippen LogP contribution < -0.4 is 20.4 Å². The van der Waals surface area contributed by atoms with Gasteiger partial charge in [-0.2, -0.15) is 4.98 Å². The lowest BCUT2D eigenvalue weighted by Gasteiger charge is -2.36. The molecule has 3 aromatic heterocycles. The van der Waals surface area contributed by atoms with E-state index in [1.807, 2.05) is 25.1 Å². The van der Waals surface area contributed by atoms with Crippen molar-refractivity contribution in [1.82, 2.24) is 15.0 Å². The number of hydrogen-bond donors (Lipinski definition) is 1. The van der Waals surface area contributed by atoms with Crippen molar-refractivity contribution in [2.45, 2.75) is 38.8 Å². The highest BCUT2D eigenvalue weighted by Gasteiger charge is 2.37. The number of pyridine rings is 2. The summed E-state index contributed by atoms with van der Waals surface area (Å²) in [5.74, 6) is 0.167. The lowest BCUT2D eigenvalue weighted by Crippen LogP contribution is -2.40. The van der Waals surface area contributed by atoms with E-state index in [0.717, 1.165) is 62.5 Å². The van der Waals surface area contributed by atoms with E-state index in [2.05, 4.69) is 14.8 Å². The molecule has 2 N–H and O–H groups in total. The van der Waals surface area contributed by atoms with Crippen molar-refractivity contribution in [3.8, 4) is 0 Å². The second-order valence-corrected chi connectivity index (χ2v) is 8.99. The smallest absolute Gasteiger partial charge is 0.299 e. The van der Waals surface area contributed by atoms with Crippen LogP contribution in [0.15, 0.2) is 40.8 Å². The van der Waals surface area contributed by atoms with Gasteiger partial charge in [0.1, 0.15) is 12.0 Å². The SMILES string of the molecule is Cc1cc(C2OC=C(C(N)=O)N2c2cc3oc(N4CCCCC4)nc3nc2N2CCC2)ccn1. The number of fused-ring (bicyclic) bond motifs is 1. The van der Waals surface area contributed by atoms with E-state index in [9.17, 15) is 4.79 Å². The number of amides is 1. The first-order valence-corrected chi connectivity index (χ1v) is 11.8. The zero-order valence-corrected chi connectivity index (χ0v) is 19.1. The molecule has 0 aliphatic carbocycles. The lowest BCUT2D eigenvalue weighted by molar-refractivity contribution is -0.114. The molecule has 10 nitrogen and oxygen atoms in total. The number of hydrogen-bond acceptors (Lipinski definition) is 9. The number of aromatic nitrogens is 3. The average Bonchev–Trinajstić information content (AvgIpc) is 3.42. The third kappa shape index (κ3) is 3.49. The first-order chi connectivity index (χ1) is 16.6. The monoisotopic (exact) mass is 461 g/mol. The Kier molecular flexibility index (Phi) is 5.00. The molecule has 34 heavy (non-hydrogen) atoms. The number of nitrogens with zero attached hydrogens (tertiary/aromatic N) is 6. The molecule has 3 aromatic rings. The van der Waals surface area contributed by atoms with E-state index >= 15 is 0 Å². The van der Waals surface area contributed by atoms with Crippen molar-refractivity contribution < 1.29 is 13.9 Å². The Hall–Kier alpha value is -3.82. The lowest BCUT2D eigenvalue weighted by atomic mass is 10.1. The van der Waals surface area contributed by atoms with E-state index in [0.29, 0.717) is 22.9 Å². The van der Waals surface area contributed by atoms with Crippen LogP contribution in [0, 0.1) is 6.92 Å². The summed E-state index contributed by atoms with van der Waals surface area (Å²) < 4.78 is 12.1. The van der Waals surface area contributed by atoms with Crippen LogP contribution in [0.1, 0.15) is 43.2 Å². The molecule has 6 rings (SSSR count). The van der Waals surface area contributed by atoms with Gasteiger partial charge in [-0.25, -0.2) is 4.98 Å². The molecule has 1 atom stereocenters. The van der Waals surface area contributed by atoms with Crippen LogP contribution in [0.4, 0.5) is 17.5 Å². The Morgan fingerprint density at radius 2 is 1.85 bits per heavy atom. The van der Waals surface area contributed by atoms with Gasteiger partial charge >= 0.3 is 0 Å². The molecular formula is C24H27N7O3. The maximum atomic E-state index is 12.4. The van der Waals surface area contributed by atoms with Gasteiger partial charge in [0.15, 0.2) is 11.4 Å². The Morgan fingerprint density at radius 1 is 1.06 bits per heavy atom. The molecule has 0 radical (unpaired) electrons. The second kappa shape index (κ2) is 8.19. The van der Waals surface area contributed by atoms with Crippen LogP contribution >= 0.6 is 0 Å². The van der Waals surface area contributed by atoms with E-state index in [1.165, 1.54) is 12.7 Å². The van der Waals surface area contributed by atoms with Crippen molar-refractivity contribution in [3.05, 3.63) is 47.6 Å². The summed E-state index contributed by atoms with van der Waals surface area (Å²) in [5, 5.41) is 0. The summed E-state index contributed by atoms with van der Waals surface area (Å²) in [6.07, 6.45) is 7.14. The Bertz CT molecular complexity index is 1280. The van der Waals surface area contributed by atoms with Crippen molar-refractivity contribution in [1.29, 1.82) is 0 Å². The number of carbonyl (C=O) groups excluding carboxylic acids is 1. The molecule has 3 aliphatic heterocycles. The third-order valence-electron chi connectivity index (χ3n) is 6.63. The number of rotatable bonds is 5. The van der Waals surface area contributed by atoms with Gasteiger partial charge in [0.2, 0.25) is 11.9 Å². The number of anilines is 3. The van der Waals surface area contributed by atoms with Gasteiger partial charge in [-0.1, -0.05) is 0 Å². The highest BCUT2D eigenvalue weighted by molar-refractivity contribution is 5.98. The number of carbonyl (C=O) groups is 1. The zero-order valence-electron chi connectivity index (χ0n) is 19.1. The highest BCUT2D eigenvalue weighted by atomic mass is 16.5. The Balaban J connectivity index is 1.48. The van der Waals surface area contributed by atoms with Crippen LogP contribution in [-0.4, -0.2) is 47.0 Å². The van der Waals surface area contributed by atoms with Crippen molar-refractivity contribution >= 4 is 34.7 Å². The van der Waals surface area contributed by atoms with Crippen LogP contribution in [0.2, 0.25) is 0 Å². The summed E-state index contributed by atoms with van der Waals surface area (Å²) in [7, 11) is 0. The first kappa shape index (κ1) is 20.8. The Morgan fingerprint density at radius 3 is 2.56 bits per heavy atom. The molecule has 0 aromatic carbocycles. The zero-order chi connectivity index (χ0) is 23.2. The molecular weight excluding hydrogens is 434 g/mol. The average molecular weight is 462 g/mol. The molecule has 3 aliphatic rings. The minimum atomic E-state index is -0.576. The standard InChI is InChI=1S/C24H27N7O3/c1-15-12-16(6-7-26-15)23-31(18(14-33-23)20(25)32)17-13-19-21(27-22(17)29-10-5-11-29)28-24(34-19)30-8-3-2-4-9-30/h6-7,12-14,23H,2-5,8-11H2,1H3,(H2,25,32). The predicted octanol–water partition coefficient (Wildman–Crippen LogP) is 2.99. The number of aryl methyl sites for hydroxylation is 1. The number of nitrogens with two attached hydrogens (primary N) is 1. The number of oxazole rings is 1. The second-order valence-electron chi connectivity index (χ2n) is 8.99. The fourth-order valence-corrected chi connectivity index (χ4v) is 4.75.